The van der Waals surface area contributed by atoms with Crippen molar-refractivity contribution in [1.82, 2.24) is 5.16 Å². The molecular formula is C6H10N2OS. The van der Waals surface area contributed by atoms with Crippen molar-refractivity contribution in [2.75, 3.05) is 11.5 Å². The van der Waals surface area contributed by atoms with Crippen LogP contribution in [0.2, 0.25) is 0 Å². The van der Waals surface area contributed by atoms with E-state index in [1.807, 2.05) is 0 Å². The van der Waals surface area contributed by atoms with Gasteiger partial charge in [-0.05, 0) is 5.75 Å². The molecule has 10 heavy (non-hydrogen) atoms. The van der Waals surface area contributed by atoms with E-state index in [-0.39, 0.29) is 0 Å². The molecule has 1 rings (SSSR count). The number of rotatable bonds is 3. The fraction of sp³-hybridized carbons (Fsp3) is 0.500. The molecule has 0 bridgehead atoms. The molecule has 1 aromatic heterocycles. The average molecular weight is 158 g/mol. The van der Waals surface area contributed by atoms with Gasteiger partial charge >= 0.3 is 0 Å². The van der Waals surface area contributed by atoms with E-state index in [1.54, 1.807) is 17.8 Å². The molecule has 0 fully saturated rings. The molecule has 0 saturated heterocycles. The molecule has 0 aliphatic carbocycles. The van der Waals surface area contributed by atoms with E-state index in [9.17, 15) is 0 Å². The van der Waals surface area contributed by atoms with Crippen LogP contribution in [0.15, 0.2) is 10.6 Å². The number of hydrogen-bond acceptors (Lipinski definition) is 4. The minimum Gasteiger partial charge on any atom is -0.381 e. The molecule has 0 saturated carbocycles. The maximum atomic E-state index is 5.34. The third-order valence-electron chi connectivity index (χ3n) is 1.03. The van der Waals surface area contributed by atoms with Crippen LogP contribution in [0.4, 0.5) is 5.82 Å². The first-order valence-corrected chi connectivity index (χ1v) is 4.27. The van der Waals surface area contributed by atoms with E-state index in [1.165, 1.54) is 0 Å². The Labute approximate surface area is 64.0 Å². The Morgan fingerprint density at radius 2 is 2.60 bits per heavy atom. The van der Waals surface area contributed by atoms with Crippen LogP contribution in [-0.4, -0.2) is 10.9 Å². The van der Waals surface area contributed by atoms with Crippen molar-refractivity contribution in [3.05, 3.63) is 11.8 Å². The van der Waals surface area contributed by atoms with Gasteiger partial charge in [0.05, 0.1) is 5.75 Å². The summed E-state index contributed by atoms with van der Waals surface area (Å²) in [4.78, 5) is 0. The van der Waals surface area contributed by atoms with E-state index in [0.717, 1.165) is 17.3 Å². The zero-order valence-corrected chi connectivity index (χ0v) is 6.65. The molecule has 0 atom stereocenters. The van der Waals surface area contributed by atoms with E-state index in [2.05, 4.69) is 12.1 Å². The van der Waals surface area contributed by atoms with Crippen molar-refractivity contribution in [3.63, 3.8) is 0 Å². The summed E-state index contributed by atoms with van der Waals surface area (Å²) in [5.41, 5.74) is 5.34. The molecule has 1 aromatic rings. The third kappa shape index (κ3) is 1.95. The standard InChI is InChI=1S/C6H10N2OS/c1-2-10-4-5-3-6(7)8-9-5/h3H,2,4H2,1H3,(H2,7,8). The Bertz CT molecular complexity index is 199. The summed E-state index contributed by atoms with van der Waals surface area (Å²) in [5, 5.41) is 3.56. The summed E-state index contributed by atoms with van der Waals surface area (Å²) in [6, 6.07) is 1.75. The van der Waals surface area contributed by atoms with Gasteiger partial charge in [0, 0.05) is 6.07 Å². The van der Waals surface area contributed by atoms with Crippen molar-refractivity contribution in [2.24, 2.45) is 0 Å². The summed E-state index contributed by atoms with van der Waals surface area (Å²) < 4.78 is 4.87. The van der Waals surface area contributed by atoms with Crippen molar-refractivity contribution in [2.45, 2.75) is 12.7 Å². The van der Waals surface area contributed by atoms with Gasteiger partial charge in [0.15, 0.2) is 5.82 Å². The Morgan fingerprint density at radius 3 is 3.10 bits per heavy atom. The van der Waals surface area contributed by atoms with Gasteiger partial charge in [-0.1, -0.05) is 12.1 Å². The number of nitrogens with two attached hydrogens (primary N) is 1. The Kier molecular flexibility index (Phi) is 2.62. The van der Waals surface area contributed by atoms with Crippen LogP contribution in [0.1, 0.15) is 12.7 Å². The highest BCUT2D eigenvalue weighted by Crippen LogP contribution is 2.12. The fourth-order valence-corrected chi connectivity index (χ4v) is 1.14. The number of aromatic nitrogens is 1. The average Bonchev–Trinajstić information content (AvgIpc) is 2.31. The lowest BCUT2D eigenvalue weighted by Gasteiger charge is -1.88. The van der Waals surface area contributed by atoms with E-state index >= 15 is 0 Å². The zero-order valence-electron chi connectivity index (χ0n) is 5.83. The SMILES string of the molecule is CCSCc1cc(N)no1. The maximum Gasteiger partial charge on any atom is 0.167 e. The highest BCUT2D eigenvalue weighted by molar-refractivity contribution is 7.98. The van der Waals surface area contributed by atoms with Crippen molar-refractivity contribution in [1.29, 1.82) is 0 Å². The number of hydrogen-bond donors (Lipinski definition) is 1. The van der Waals surface area contributed by atoms with Gasteiger partial charge in [-0.2, -0.15) is 11.8 Å². The molecule has 1 heterocycles. The molecule has 2 N–H and O–H groups in total. The van der Waals surface area contributed by atoms with Crippen LogP contribution < -0.4 is 5.73 Å². The van der Waals surface area contributed by atoms with Gasteiger partial charge in [0.2, 0.25) is 0 Å². The largest absolute Gasteiger partial charge is 0.381 e. The predicted molar refractivity (Wildman–Crippen MR) is 42.8 cm³/mol. The summed E-state index contributed by atoms with van der Waals surface area (Å²) >= 11 is 1.79. The van der Waals surface area contributed by atoms with Crippen molar-refractivity contribution in [3.8, 4) is 0 Å². The van der Waals surface area contributed by atoms with Gasteiger partial charge in [-0.25, -0.2) is 0 Å². The second-order valence-corrected chi connectivity index (χ2v) is 3.13. The third-order valence-corrected chi connectivity index (χ3v) is 1.92. The number of nitrogen functional groups attached to an aromatic ring is 1. The summed E-state index contributed by atoms with van der Waals surface area (Å²) in [6.45, 7) is 2.10. The summed E-state index contributed by atoms with van der Waals surface area (Å²) in [6.07, 6.45) is 0. The molecular weight excluding hydrogens is 148 g/mol. The minimum atomic E-state index is 0.465. The lowest BCUT2D eigenvalue weighted by molar-refractivity contribution is 0.398. The lowest BCUT2D eigenvalue weighted by Crippen LogP contribution is -1.80. The fourth-order valence-electron chi connectivity index (χ4n) is 0.600. The molecule has 3 nitrogen and oxygen atoms in total. The van der Waals surface area contributed by atoms with Gasteiger partial charge in [-0.15, -0.1) is 0 Å². The normalized spacial score (nSPS) is 10.1. The Morgan fingerprint density at radius 1 is 1.80 bits per heavy atom. The number of thioether (sulfide) groups is 1. The van der Waals surface area contributed by atoms with Crippen LogP contribution in [0.5, 0.6) is 0 Å². The van der Waals surface area contributed by atoms with Gasteiger partial charge in [0.25, 0.3) is 0 Å². The monoisotopic (exact) mass is 158 g/mol. The van der Waals surface area contributed by atoms with Crippen LogP contribution in [-0.2, 0) is 5.75 Å². The minimum absolute atomic E-state index is 0.465. The first kappa shape index (κ1) is 7.47. The topological polar surface area (TPSA) is 52.0 Å². The Balaban J connectivity index is 2.42. The number of anilines is 1. The van der Waals surface area contributed by atoms with Gasteiger partial charge in [-0.3, -0.25) is 0 Å². The maximum absolute atomic E-state index is 5.34. The van der Waals surface area contributed by atoms with Crippen molar-refractivity contribution < 1.29 is 4.52 Å². The molecule has 0 aliphatic heterocycles. The molecule has 0 aromatic carbocycles. The molecule has 0 radical (unpaired) electrons. The first-order valence-electron chi connectivity index (χ1n) is 3.11. The quantitative estimate of drug-likeness (QED) is 0.724. The highest BCUT2D eigenvalue weighted by Gasteiger charge is 1.98. The predicted octanol–water partition coefficient (Wildman–Crippen LogP) is 1.51. The second-order valence-electron chi connectivity index (χ2n) is 1.86. The van der Waals surface area contributed by atoms with Crippen LogP contribution in [0.3, 0.4) is 0 Å². The second kappa shape index (κ2) is 3.51. The highest BCUT2D eigenvalue weighted by atomic mass is 32.2. The van der Waals surface area contributed by atoms with Gasteiger partial charge in [0.1, 0.15) is 5.76 Å². The van der Waals surface area contributed by atoms with E-state index in [4.69, 9.17) is 10.3 Å². The molecule has 4 heteroatoms. The molecule has 0 unspecified atom stereocenters. The summed E-state index contributed by atoms with van der Waals surface area (Å²) in [7, 11) is 0. The Hall–Kier alpha value is -0.640. The van der Waals surface area contributed by atoms with E-state index in [0.29, 0.717) is 5.82 Å². The van der Waals surface area contributed by atoms with Gasteiger partial charge < -0.3 is 10.3 Å². The summed E-state index contributed by atoms with van der Waals surface area (Å²) in [5.74, 6) is 3.26. The van der Waals surface area contributed by atoms with Crippen LogP contribution in [0, 0.1) is 0 Å². The lowest BCUT2D eigenvalue weighted by atomic mass is 10.5. The smallest absolute Gasteiger partial charge is 0.167 e. The van der Waals surface area contributed by atoms with E-state index < -0.39 is 0 Å². The zero-order chi connectivity index (χ0) is 7.40. The molecule has 0 aliphatic rings. The molecule has 0 amide bonds. The van der Waals surface area contributed by atoms with Crippen LogP contribution in [0.25, 0.3) is 0 Å². The first-order chi connectivity index (χ1) is 4.83. The molecule has 56 valence electrons. The molecule has 0 spiro atoms. The number of nitrogens with zero attached hydrogens (tertiary/aromatic N) is 1. The van der Waals surface area contributed by atoms with Crippen LogP contribution >= 0.6 is 11.8 Å². The van der Waals surface area contributed by atoms with Crippen molar-refractivity contribution >= 4 is 17.6 Å².